The average Bonchev–Trinajstić information content (AvgIpc) is 3.12. The molecule has 0 aliphatic heterocycles. The van der Waals surface area contributed by atoms with Crippen molar-refractivity contribution in [2.75, 3.05) is 7.05 Å². The van der Waals surface area contributed by atoms with Crippen LogP contribution >= 0.6 is 0 Å². The maximum Gasteiger partial charge on any atom is 0.305 e. The SMILES string of the molecule is CC(CC1CC1)N(C)C1(CC(=O)O)CCCCC1. The summed E-state index contributed by atoms with van der Waals surface area (Å²) < 4.78 is 0. The summed E-state index contributed by atoms with van der Waals surface area (Å²) in [5.41, 5.74) is -0.0710. The summed E-state index contributed by atoms with van der Waals surface area (Å²) in [5.74, 6) is 0.273. The van der Waals surface area contributed by atoms with E-state index in [1.165, 1.54) is 38.5 Å². The number of carboxylic acid groups (broad SMARTS) is 1. The van der Waals surface area contributed by atoms with Gasteiger partial charge in [0.15, 0.2) is 0 Å². The Bertz CT molecular complexity index is 293. The van der Waals surface area contributed by atoms with E-state index < -0.39 is 5.97 Å². The second kappa shape index (κ2) is 5.60. The Hall–Kier alpha value is -0.570. The molecule has 18 heavy (non-hydrogen) atoms. The van der Waals surface area contributed by atoms with Crippen molar-refractivity contribution >= 4 is 5.97 Å². The van der Waals surface area contributed by atoms with Crippen LogP contribution in [0.25, 0.3) is 0 Å². The molecule has 1 unspecified atom stereocenters. The van der Waals surface area contributed by atoms with Crippen molar-refractivity contribution in [1.29, 1.82) is 0 Å². The normalized spacial score (nSPS) is 25.1. The number of carbonyl (C=O) groups is 1. The fourth-order valence-electron chi connectivity index (χ4n) is 3.61. The van der Waals surface area contributed by atoms with Crippen LogP contribution in [0.3, 0.4) is 0 Å². The number of carboxylic acids is 1. The number of nitrogens with zero attached hydrogens (tertiary/aromatic N) is 1. The first-order valence-electron chi connectivity index (χ1n) is 7.48. The Morgan fingerprint density at radius 3 is 2.44 bits per heavy atom. The van der Waals surface area contributed by atoms with Crippen molar-refractivity contribution in [3.63, 3.8) is 0 Å². The van der Waals surface area contributed by atoms with Crippen LogP contribution in [-0.4, -0.2) is 34.6 Å². The standard InChI is InChI=1S/C15H27NO2/c1-12(10-13-6-7-13)16(2)15(11-14(17)18)8-4-3-5-9-15/h12-13H,3-11H2,1-2H3,(H,17,18). The van der Waals surface area contributed by atoms with Gasteiger partial charge in [-0.2, -0.15) is 0 Å². The van der Waals surface area contributed by atoms with Crippen molar-refractivity contribution in [1.82, 2.24) is 4.90 Å². The largest absolute Gasteiger partial charge is 0.481 e. The molecule has 0 amide bonds. The van der Waals surface area contributed by atoms with E-state index in [1.54, 1.807) is 0 Å². The van der Waals surface area contributed by atoms with E-state index in [4.69, 9.17) is 0 Å². The van der Waals surface area contributed by atoms with Gasteiger partial charge in [-0.15, -0.1) is 0 Å². The second-order valence-corrected chi connectivity index (χ2v) is 6.49. The molecule has 2 aliphatic carbocycles. The molecule has 2 fully saturated rings. The molecule has 0 spiro atoms. The Morgan fingerprint density at radius 2 is 1.94 bits per heavy atom. The van der Waals surface area contributed by atoms with Gasteiger partial charge in [0.05, 0.1) is 6.42 Å². The first-order chi connectivity index (χ1) is 8.53. The van der Waals surface area contributed by atoms with Gasteiger partial charge in [-0.05, 0) is 39.2 Å². The molecule has 0 bridgehead atoms. The molecule has 1 atom stereocenters. The molecule has 2 saturated carbocycles. The maximum atomic E-state index is 11.2. The van der Waals surface area contributed by atoms with E-state index in [0.29, 0.717) is 12.5 Å². The molecule has 1 N–H and O–H groups in total. The average molecular weight is 253 g/mol. The van der Waals surface area contributed by atoms with Crippen LogP contribution in [0.1, 0.15) is 64.7 Å². The van der Waals surface area contributed by atoms with Gasteiger partial charge in [-0.1, -0.05) is 32.1 Å². The van der Waals surface area contributed by atoms with Gasteiger partial charge in [-0.3, -0.25) is 9.69 Å². The van der Waals surface area contributed by atoms with Gasteiger partial charge in [0.25, 0.3) is 0 Å². The first kappa shape index (κ1) is 13.9. The van der Waals surface area contributed by atoms with E-state index in [9.17, 15) is 9.90 Å². The Morgan fingerprint density at radius 1 is 1.33 bits per heavy atom. The minimum atomic E-state index is -0.637. The second-order valence-electron chi connectivity index (χ2n) is 6.49. The smallest absolute Gasteiger partial charge is 0.305 e. The molecule has 104 valence electrons. The molecule has 2 aliphatic rings. The van der Waals surface area contributed by atoms with Gasteiger partial charge < -0.3 is 5.11 Å². The zero-order valence-corrected chi connectivity index (χ0v) is 11.8. The molecule has 0 aromatic rings. The predicted molar refractivity (Wildman–Crippen MR) is 72.6 cm³/mol. The van der Waals surface area contributed by atoms with Crippen molar-refractivity contribution in [3.05, 3.63) is 0 Å². The summed E-state index contributed by atoms with van der Waals surface area (Å²) in [6.07, 6.45) is 10.1. The van der Waals surface area contributed by atoms with Crippen LogP contribution < -0.4 is 0 Å². The lowest BCUT2D eigenvalue weighted by Gasteiger charge is -2.47. The lowest BCUT2D eigenvalue weighted by atomic mass is 9.77. The van der Waals surface area contributed by atoms with Crippen molar-refractivity contribution < 1.29 is 9.90 Å². The third-order valence-electron chi connectivity index (χ3n) is 5.05. The molecule has 0 aromatic heterocycles. The van der Waals surface area contributed by atoms with Gasteiger partial charge in [-0.25, -0.2) is 0 Å². The predicted octanol–water partition coefficient (Wildman–Crippen LogP) is 3.28. The fraction of sp³-hybridized carbons (Fsp3) is 0.933. The van der Waals surface area contributed by atoms with Gasteiger partial charge in [0.2, 0.25) is 0 Å². The Kier molecular flexibility index (Phi) is 4.31. The monoisotopic (exact) mass is 253 g/mol. The van der Waals surface area contributed by atoms with E-state index >= 15 is 0 Å². The van der Waals surface area contributed by atoms with Crippen LogP contribution in [0.4, 0.5) is 0 Å². The van der Waals surface area contributed by atoms with E-state index in [-0.39, 0.29) is 5.54 Å². The minimum Gasteiger partial charge on any atom is -0.481 e. The molecule has 3 nitrogen and oxygen atoms in total. The topological polar surface area (TPSA) is 40.5 Å². The van der Waals surface area contributed by atoms with Crippen molar-refractivity contribution in [2.24, 2.45) is 5.92 Å². The Balaban J connectivity index is 2.02. The van der Waals surface area contributed by atoms with E-state index in [0.717, 1.165) is 18.8 Å². The van der Waals surface area contributed by atoms with E-state index in [1.807, 2.05) is 0 Å². The summed E-state index contributed by atoms with van der Waals surface area (Å²) in [4.78, 5) is 13.6. The summed E-state index contributed by atoms with van der Waals surface area (Å²) in [6, 6.07) is 0.523. The molecule has 0 radical (unpaired) electrons. The zero-order valence-electron chi connectivity index (χ0n) is 11.8. The maximum absolute atomic E-state index is 11.2. The summed E-state index contributed by atoms with van der Waals surface area (Å²) in [5, 5.41) is 9.23. The Labute approximate surface area is 111 Å². The van der Waals surface area contributed by atoms with Crippen LogP contribution in [0.5, 0.6) is 0 Å². The minimum absolute atomic E-state index is 0.0710. The summed E-state index contributed by atoms with van der Waals surface area (Å²) in [6.45, 7) is 2.27. The molecule has 0 aromatic carbocycles. The highest BCUT2D eigenvalue weighted by Crippen LogP contribution is 2.40. The fourth-order valence-corrected chi connectivity index (χ4v) is 3.61. The van der Waals surface area contributed by atoms with Crippen LogP contribution in [0.2, 0.25) is 0 Å². The van der Waals surface area contributed by atoms with Crippen LogP contribution in [-0.2, 0) is 4.79 Å². The van der Waals surface area contributed by atoms with Crippen LogP contribution in [0.15, 0.2) is 0 Å². The third kappa shape index (κ3) is 3.25. The number of rotatable bonds is 6. The molecule has 0 heterocycles. The highest BCUT2D eigenvalue weighted by molar-refractivity contribution is 5.68. The van der Waals surface area contributed by atoms with Gasteiger partial charge in [0.1, 0.15) is 0 Å². The van der Waals surface area contributed by atoms with Crippen LogP contribution in [0, 0.1) is 5.92 Å². The molecular weight excluding hydrogens is 226 g/mol. The number of aliphatic carboxylic acids is 1. The lowest BCUT2D eigenvalue weighted by Crippen LogP contribution is -2.53. The quantitative estimate of drug-likeness (QED) is 0.789. The molecule has 2 rings (SSSR count). The summed E-state index contributed by atoms with van der Waals surface area (Å²) >= 11 is 0. The van der Waals surface area contributed by atoms with Gasteiger partial charge >= 0.3 is 5.97 Å². The molecular formula is C15H27NO2. The highest BCUT2D eigenvalue weighted by atomic mass is 16.4. The van der Waals surface area contributed by atoms with Crippen molar-refractivity contribution in [3.8, 4) is 0 Å². The van der Waals surface area contributed by atoms with Crippen molar-refractivity contribution in [2.45, 2.75) is 76.3 Å². The first-order valence-corrected chi connectivity index (χ1v) is 7.48. The highest BCUT2D eigenvalue weighted by Gasteiger charge is 2.40. The number of hydrogen-bond acceptors (Lipinski definition) is 2. The number of hydrogen-bond donors (Lipinski definition) is 1. The zero-order chi connectivity index (χ0) is 13.2. The third-order valence-corrected chi connectivity index (χ3v) is 5.05. The van der Waals surface area contributed by atoms with E-state index in [2.05, 4.69) is 18.9 Å². The molecule has 3 heteroatoms. The summed E-state index contributed by atoms with van der Waals surface area (Å²) in [7, 11) is 2.15. The molecule has 0 saturated heterocycles. The van der Waals surface area contributed by atoms with Gasteiger partial charge in [0, 0.05) is 11.6 Å². The lowest BCUT2D eigenvalue weighted by molar-refractivity contribution is -0.141.